The van der Waals surface area contributed by atoms with Gasteiger partial charge in [0.15, 0.2) is 0 Å². The molecule has 3 fully saturated rings. The summed E-state index contributed by atoms with van der Waals surface area (Å²) in [5.41, 5.74) is 0. The fraction of sp³-hybridized carbons (Fsp3) is 1.00. The van der Waals surface area contributed by atoms with E-state index in [-0.39, 0.29) is 18.1 Å². The average Bonchev–Trinajstić information content (AvgIpc) is 2.88. The van der Waals surface area contributed by atoms with Crippen LogP contribution in [0, 0.1) is 5.92 Å². The van der Waals surface area contributed by atoms with Gasteiger partial charge < -0.3 is 5.32 Å². The lowest BCUT2D eigenvalue weighted by molar-refractivity contribution is 0.229. The molecule has 19 heavy (non-hydrogen) atoms. The van der Waals surface area contributed by atoms with Crippen molar-refractivity contribution in [3.05, 3.63) is 0 Å². The smallest absolute Gasteiger partial charge is 0.282 e. The van der Waals surface area contributed by atoms with Crippen molar-refractivity contribution in [2.75, 3.05) is 19.6 Å². The maximum atomic E-state index is 13.0. The van der Waals surface area contributed by atoms with Gasteiger partial charge in [0, 0.05) is 31.2 Å². The van der Waals surface area contributed by atoms with Crippen LogP contribution >= 0.6 is 0 Å². The zero-order chi connectivity index (χ0) is 13.6. The van der Waals surface area contributed by atoms with Gasteiger partial charge in [0.25, 0.3) is 10.2 Å². The maximum Gasteiger partial charge on any atom is 0.282 e. The van der Waals surface area contributed by atoms with E-state index in [1.54, 1.807) is 8.61 Å². The Balaban J connectivity index is 1.86. The summed E-state index contributed by atoms with van der Waals surface area (Å²) in [6.07, 6.45) is 4.14. The van der Waals surface area contributed by atoms with E-state index in [0.717, 1.165) is 38.8 Å². The van der Waals surface area contributed by atoms with Crippen LogP contribution in [0.4, 0.5) is 0 Å². The molecule has 3 heterocycles. The number of hydrogen-bond acceptors (Lipinski definition) is 3. The number of fused-ring (bicyclic) bond motifs is 1. The van der Waals surface area contributed by atoms with Crippen LogP contribution < -0.4 is 5.32 Å². The topological polar surface area (TPSA) is 52.7 Å². The van der Waals surface area contributed by atoms with Gasteiger partial charge in [-0.1, -0.05) is 6.42 Å². The minimum absolute atomic E-state index is 0.149. The minimum Gasteiger partial charge on any atom is -0.315 e. The van der Waals surface area contributed by atoms with Gasteiger partial charge in [0.1, 0.15) is 0 Å². The predicted molar refractivity (Wildman–Crippen MR) is 75.0 cm³/mol. The Morgan fingerprint density at radius 2 is 1.89 bits per heavy atom. The van der Waals surface area contributed by atoms with E-state index in [1.807, 2.05) is 6.92 Å². The number of nitrogens with zero attached hydrogens (tertiary/aromatic N) is 2. The molecule has 110 valence electrons. The summed E-state index contributed by atoms with van der Waals surface area (Å²) in [7, 11) is -3.29. The van der Waals surface area contributed by atoms with Crippen LogP contribution in [0.5, 0.6) is 0 Å². The van der Waals surface area contributed by atoms with Gasteiger partial charge in [-0.2, -0.15) is 17.0 Å². The lowest BCUT2D eigenvalue weighted by Crippen LogP contribution is -2.53. The third-order valence-electron chi connectivity index (χ3n) is 5.01. The third-order valence-corrected chi connectivity index (χ3v) is 7.31. The molecule has 4 atom stereocenters. The SMILES string of the molecule is CC1CCCCN1S(=O)(=O)N1C(C)CC2CNCC21. The number of piperidine rings is 1. The molecular weight excluding hydrogens is 262 g/mol. The van der Waals surface area contributed by atoms with E-state index >= 15 is 0 Å². The molecule has 0 aromatic heterocycles. The van der Waals surface area contributed by atoms with Gasteiger partial charge in [0.05, 0.1) is 0 Å². The Hall–Kier alpha value is -0.170. The van der Waals surface area contributed by atoms with Crippen molar-refractivity contribution >= 4 is 10.2 Å². The fourth-order valence-electron chi connectivity index (χ4n) is 4.06. The van der Waals surface area contributed by atoms with Gasteiger partial charge in [-0.3, -0.25) is 0 Å². The molecule has 3 aliphatic rings. The van der Waals surface area contributed by atoms with Gasteiger partial charge >= 0.3 is 0 Å². The zero-order valence-electron chi connectivity index (χ0n) is 11.9. The maximum absolute atomic E-state index is 13.0. The second-order valence-electron chi connectivity index (χ2n) is 6.36. The second-order valence-corrected chi connectivity index (χ2v) is 8.15. The van der Waals surface area contributed by atoms with Crippen molar-refractivity contribution in [3.8, 4) is 0 Å². The summed E-state index contributed by atoms with van der Waals surface area (Å²) < 4.78 is 29.5. The Kier molecular flexibility index (Phi) is 3.62. The molecule has 0 spiro atoms. The fourth-order valence-corrected chi connectivity index (χ4v) is 6.35. The minimum atomic E-state index is -3.29. The first-order valence-corrected chi connectivity index (χ1v) is 8.92. The largest absolute Gasteiger partial charge is 0.315 e. The van der Waals surface area contributed by atoms with Crippen LogP contribution in [0.1, 0.15) is 39.5 Å². The standard InChI is InChI=1S/C13H25N3O2S/c1-10-5-3-4-6-15(10)19(17,18)16-11(2)7-12-8-14-9-13(12)16/h10-14H,3-9H2,1-2H3. The molecule has 0 amide bonds. The Bertz CT molecular complexity index is 439. The first-order valence-electron chi connectivity index (χ1n) is 7.53. The normalized spacial score (nSPS) is 41.6. The lowest BCUT2D eigenvalue weighted by atomic mass is 10.0. The summed E-state index contributed by atoms with van der Waals surface area (Å²) >= 11 is 0. The van der Waals surface area contributed by atoms with Gasteiger partial charge in [0.2, 0.25) is 0 Å². The molecule has 0 bridgehead atoms. The summed E-state index contributed by atoms with van der Waals surface area (Å²) in [6, 6.07) is 0.477. The first-order chi connectivity index (χ1) is 9.01. The molecule has 0 aromatic carbocycles. The van der Waals surface area contributed by atoms with E-state index in [9.17, 15) is 8.42 Å². The van der Waals surface area contributed by atoms with Crippen LogP contribution in [0.3, 0.4) is 0 Å². The quantitative estimate of drug-likeness (QED) is 0.817. The highest BCUT2D eigenvalue weighted by atomic mass is 32.2. The molecule has 5 nitrogen and oxygen atoms in total. The van der Waals surface area contributed by atoms with Crippen molar-refractivity contribution < 1.29 is 8.42 Å². The van der Waals surface area contributed by atoms with Crippen LogP contribution in [0.15, 0.2) is 0 Å². The number of nitrogens with one attached hydrogen (secondary N) is 1. The van der Waals surface area contributed by atoms with Gasteiger partial charge in [-0.25, -0.2) is 0 Å². The van der Waals surface area contributed by atoms with E-state index in [4.69, 9.17) is 0 Å². The zero-order valence-corrected chi connectivity index (χ0v) is 12.7. The Morgan fingerprint density at radius 1 is 1.11 bits per heavy atom. The molecule has 0 radical (unpaired) electrons. The lowest BCUT2D eigenvalue weighted by Gasteiger charge is -2.38. The number of rotatable bonds is 2. The molecule has 3 rings (SSSR count). The van der Waals surface area contributed by atoms with E-state index in [1.165, 1.54) is 0 Å². The molecule has 3 aliphatic heterocycles. The van der Waals surface area contributed by atoms with Crippen molar-refractivity contribution in [1.29, 1.82) is 0 Å². The van der Waals surface area contributed by atoms with Gasteiger partial charge in [-0.15, -0.1) is 0 Å². The van der Waals surface area contributed by atoms with Crippen molar-refractivity contribution in [2.24, 2.45) is 5.92 Å². The summed E-state index contributed by atoms with van der Waals surface area (Å²) in [5.74, 6) is 0.505. The molecule has 4 unspecified atom stereocenters. The molecular formula is C13H25N3O2S. The second kappa shape index (κ2) is 4.98. The monoisotopic (exact) mass is 287 g/mol. The predicted octanol–water partition coefficient (Wildman–Crippen LogP) is 0.788. The Morgan fingerprint density at radius 3 is 2.63 bits per heavy atom. The van der Waals surface area contributed by atoms with E-state index in [2.05, 4.69) is 12.2 Å². The third kappa shape index (κ3) is 2.22. The summed E-state index contributed by atoms with van der Waals surface area (Å²) in [6.45, 7) is 6.58. The number of hydrogen-bond donors (Lipinski definition) is 1. The molecule has 3 saturated heterocycles. The van der Waals surface area contributed by atoms with Crippen molar-refractivity contribution in [1.82, 2.24) is 13.9 Å². The molecule has 6 heteroatoms. The van der Waals surface area contributed by atoms with Crippen LogP contribution in [0.25, 0.3) is 0 Å². The molecule has 1 N–H and O–H groups in total. The van der Waals surface area contributed by atoms with Gasteiger partial charge in [-0.05, 0) is 45.6 Å². The van der Waals surface area contributed by atoms with Crippen molar-refractivity contribution in [3.63, 3.8) is 0 Å². The van der Waals surface area contributed by atoms with Crippen LogP contribution in [-0.4, -0.2) is 54.8 Å². The van der Waals surface area contributed by atoms with E-state index < -0.39 is 10.2 Å². The van der Waals surface area contributed by atoms with E-state index in [0.29, 0.717) is 12.5 Å². The molecule has 0 saturated carbocycles. The van der Waals surface area contributed by atoms with Crippen LogP contribution in [0.2, 0.25) is 0 Å². The summed E-state index contributed by atoms with van der Waals surface area (Å²) in [5, 5.41) is 3.34. The van der Waals surface area contributed by atoms with Crippen molar-refractivity contribution in [2.45, 2.75) is 57.7 Å². The highest BCUT2D eigenvalue weighted by Gasteiger charge is 2.49. The average molecular weight is 287 g/mol. The Labute approximate surface area is 116 Å². The van der Waals surface area contributed by atoms with Crippen LogP contribution in [-0.2, 0) is 10.2 Å². The summed E-state index contributed by atoms with van der Waals surface area (Å²) in [4.78, 5) is 0. The highest BCUT2D eigenvalue weighted by molar-refractivity contribution is 7.86. The molecule has 0 aromatic rings. The highest BCUT2D eigenvalue weighted by Crippen LogP contribution is 2.36. The first kappa shape index (κ1) is 13.8. The molecule has 0 aliphatic carbocycles.